The van der Waals surface area contributed by atoms with Crippen LogP contribution >= 0.6 is 15.9 Å². The second-order valence-electron chi connectivity index (χ2n) is 6.67. The third-order valence-electron chi connectivity index (χ3n) is 4.91. The van der Waals surface area contributed by atoms with E-state index < -0.39 is 0 Å². The second kappa shape index (κ2) is 7.29. The number of methoxy groups -OCH3 is 1. The highest BCUT2D eigenvalue weighted by Crippen LogP contribution is 2.42. The Hall–Kier alpha value is -2.44. The molecule has 27 heavy (non-hydrogen) atoms. The number of amides is 1. The van der Waals surface area contributed by atoms with Crippen molar-refractivity contribution in [3.63, 3.8) is 0 Å². The van der Waals surface area contributed by atoms with Crippen LogP contribution in [0.25, 0.3) is 11.3 Å². The van der Waals surface area contributed by atoms with Crippen LogP contribution in [0.4, 0.5) is 0 Å². The number of hydrogen-bond donors (Lipinski definition) is 1. The van der Waals surface area contributed by atoms with E-state index in [0.717, 1.165) is 26.9 Å². The molecule has 1 aliphatic heterocycles. The topological polar surface area (TPSA) is 58.2 Å². The quantitative estimate of drug-likeness (QED) is 0.661. The molecule has 0 fully saturated rings. The zero-order chi connectivity index (χ0) is 19.0. The summed E-state index contributed by atoms with van der Waals surface area (Å²) in [7, 11) is 1.65. The van der Waals surface area contributed by atoms with Crippen molar-refractivity contribution >= 4 is 21.8 Å². The maximum Gasteiger partial charge on any atom is 0.273 e. The summed E-state index contributed by atoms with van der Waals surface area (Å²) >= 11 is 3.49. The highest BCUT2D eigenvalue weighted by Gasteiger charge is 2.41. The number of aryl methyl sites for hydroxylation is 1. The number of rotatable bonds is 5. The van der Waals surface area contributed by atoms with Gasteiger partial charge in [0.2, 0.25) is 0 Å². The van der Waals surface area contributed by atoms with Crippen LogP contribution in [0, 0.1) is 6.92 Å². The SMILES string of the molecule is COCCN1C(=O)c2[nH]nc(-c3ccc(C)cc3)c2C1c1ccc(Br)cc1. The number of H-pyrrole nitrogens is 1. The van der Waals surface area contributed by atoms with Crippen molar-refractivity contribution in [1.82, 2.24) is 15.1 Å². The highest BCUT2D eigenvalue weighted by atomic mass is 79.9. The number of hydrogen-bond acceptors (Lipinski definition) is 3. The minimum Gasteiger partial charge on any atom is -0.383 e. The minimum absolute atomic E-state index is 0.0409. The first-order valence-electron chi connectivity index (χ1n) is 8.81. The molecule has 0 aliphatic carbocycles. The maximum atomic E-state index is 13.0. The van der Waals surface area contributed by atoms with Crippen molar-refractivity contribution in [2.75, 3.05) is 20.3 Å². The standard InChI is InChI=1S/C21H20BrN3O2/c1-13-3-5-14(6-4-13)18-17-19(24-23-18)21(26)25(11-12-27-2)20(17)15-7-9-16(22)10-8-15/h3-10,20H,11-12H2,1-2H3,(H,23,24). The van der Waals surface area contributed by atoms with Crippen LogP contribution in [0.3, 0.4) is 0 Å². The lowest BCUT2D eigenvalue weighted by molar-refractivity contribution is 0.0677. The average Bonchev–Trinajstić information content (AvgIpc) is 3.21. The largest absolute Gasteiger partial charge is 0.383 e. The average molecular weight is 426 g/mol. The smallest absolute Gasteiger partial charge is 0.273 e. The number of halogens is 1. The molecule has 1 amide bonds. The van der Waals surface area contributed by atoms with Crippen molar-refractivity contribution < 1.29 is 9.53 Å². The van der Waals surface area contributed by atoms with Gasteiger partial charge < -0.3 is 9.64 Å². The maximum absolute atomic E-state index is 13.0. The first kappa shape index (κ1) is 17.9. The summed E-state index contributed by atoms with van der Waals surface area (Å²) in [6.45, 7) is 3.06. The molecule has 6 heteroatoms. The number of nitrogens with one attached hydrogen (secondary N) is 1. The van der Waals surface area contributed by atoms with Crippen molar-refractivity contribution in [2.24, 2.45) is 0 Å². The monoisotopic (exact) mass is 425 g/mol. The molecule has 1 atom stereocenters. The normalized spacial score (nSPS) is 16.0. The lowest BCUT2D eigenvalue weighted by atomic mass is 9.96. The van der Waals surface area contributed by atoms with Gasteiger partial charge in [0.1, 0.15) is 5.69 Å². The fraction of sp³-hybridized carbons (Fsp3) is 0.238. The number of ether oxygens (including phenoxy) is 1. The molecule has 2 aromatic carbocycles. The third-order valence-corrected chi connectivity index (χ3v) is 5.44. The van der Waals surface area contributed by atoms with E-state index in [9.17, 15) is 4.79 Å². The van der Waals surface area contributed by atoms with E-state index in [0.29, 0.717) is 18.8 Å². The van der Waals surface area contributed by atoms with Crippen molar-refractivity contribution in [3.8, 4) is 11.3 Å². The van der Waals surface area contributed by atoms with Gasteiger partial charge in [-0.15, -0.1) is 0 Å². The number of fused-ring (bicyclic) bond motifs is 1. The Morgan fingerprint density at radius 3 is 2.52 bits per heavy atom. The summed E-state index contributed by atoms with van der Waals surface area (Å²) in [5, 5.41) is 7.46. The Balaban J connectivity index is 1.84. The van der Waals surface area contributed by atoms with Gasteiger partial charge in [0.05, 0.1) is 18.3 Å². The second-order valence-corrected chi connectivity index (χ2v) is 7.59. The van der Waals surface area contributed by atoms with Gasteiger partial charge in [0, 0.05) is 29.3 Å². The van der Waals surface area contributed by atoms with Crippen molar-refractivity contribution in [1.29, 1.82) is 0 Å². The van der Waals surface area contributed by atoms with E-state index in [-0.39, 0.29) is 11.9 Å². The van der Waals surface area contributed by atoms with Crippen LogP contribution in [0.2, 0.25) is 0 Å². The first-order valence-corrected chi connectivity index (χ1v) is 9.60. The number of aromatic amines is 1. The summed E-state index contributed by atoms with van der Waals surface area (Å²) < 4.78 is 6.24. The molecule has 1 N–H and O–H groups in total. The van der Waals surface area contributed by atoms with E-state index in [2.05, 4.69) is 45.2 Å². The zero-order valence-electron chi connectivity index (χ0n) is 15.2. The molecule has 138 valence electrons. The first-order chi connectivity index (χ1) is 13.1. The predicted octanol–water partition coefficient (Wildman–Crippen LogP) is 4.34. The van der Waals surface area contributed by atoms with Gasteiger partial charge in [0.25, 0.3) is 5.91 Å². The van der Waals surface area contributed by atoms with E-state index in [1.54, 1.807) is 7.11 Å². The summed E-state index contributed by atoms with van der Waals surface area (Å²) in [6.07, 6.45) is 0. The zero-order valence-corrected chi connectivity index (χ0v) is 16.8. The third kappa shape index (κ3) is 3.19. The summed E-state index contributed by atoms with van der Waals surface area (Å²) in [4.78, 5) is 14.9. The number of aromatic nitrogens is 2. The Morgan fingerprint density at radius 2 is 1.85 bits per heavy atom. The van der Waals surface area contributed by atoms with Crippen molar-refractivity contribution in [2.45, 2.75) is 13.0 Å². The lowest BCUT2D eigenvalue weighted by Gasteiger charge is -2.26. The fourth-order valence-corrected chi connectivity index (χ4v) is 3.80. The van der Waals surface area contributed by atoms with Gasteiger partial charge in [-0.2, -0.15) is 5.10 Å². The van der Waals surface area contributed by atoms with Crippen molar-refractivity contribution in [3.05, 3.63) is 75.4 Å². The number of benzene rings is 2. The number of carbonyl (C=O) groups is 1. The predicted molar refractivity (Wildman–Crippen MR) is 108 cm³/mol. The van der Waals surface area contributed by atoms with Crippen LogP contribution in [-0.4, -0.2) is 41.3 Å². The molecule has 0 spiro atoms. The molecule has 1 unspecified atom stereocenters. The Labute approximate surface area is 166 Å². The molecule has 0 saturated carbocycles. The summed E-state index contributed by atoms with van der Waals surface area (Å²) in [6, 6.07) is 16.1. The molecule has 0 saturated heterocycles. The molecule has 2 heterocycles. The summed E-state index contributed by atoms with van der Waals surface area (Å²) in [5.41, 5.74) is 5.56. The highest BCUT2D eigenvalue weighted by molar-refractivity contribution is 9.10. The van der Waals surface area contributed by atoms with Gasteiger partial charge >= 0.3 is 0 Å². The molecule has 4 rings (SSSR count). The van der Waals surface area contributed by atoms with Gasteiger partial charge in [-0.05, 0) is 24.6 Å². The van der Waals surface area contributed by atoms with Gasteiger partial charge in [-0.1, -0.05) is 57.9 Å². The van der Waals surface area contributed by atoms with E-state index >= 15 is 0 Å². The molecular formula is C21H20BrN3O2. The molecule has 0 bridgehead atoms. The Morgan fingerprint density at radius 1 is 1.15 bits per heavy atom. The van der Waals surface area contributed by atoms with E-state index in [1.165, 1.54) is 5.56 Å². The molecule has 3 aromatic rings. The van der Waals surface area contributed by atoms with E-state index in [4.69, 9.17) is 4.74 Å². The lowest BCUT2D eigenvalue weighted by Crippen LogP contribution is -2.32. The Bertz CT molecular complexity index is 964. The fourth-order valence-electron chi connectivity index (χ4n) is 3.54. The van der Waals surface area contributed by atoms with E-state index in [1.807, 2.05) is 41.3 Å². The molecular weight excluding hydrogens is 406 g/mol. The molecule has 1 aromatic heterocycles. The van der Waals surface area contributed by atoms with Gasteiger partial charge in [-0.25, -0.2) is 0 Å². The molecule has 0 radical (unpaired) electrons. The van der Waals surface area contributed by atoms with Crippen LogP contribution in [0.15, 0.2) is 53.0 Å². The number of carbonyl (C=O) groups excluding carboxylic acids is 1. The van der Waals surface area contributed by atoms with Crippen LogP contribution in [-0.2, 0) is 4.74 Å². The van der Waals surface area contributed by atoms with Crippen LogP contribution in [0.5, 0.6) is 0 Å². The van der Waals surface area contributed by atoms with Gasteiger partial charge in [-0.3, -0.25) is 9.89 Å². The van der Waals surface area contributed by atoms with Gasteiger partial charge in [0.15, 0.2) is 0 Å². The molecule has 5 nitrogen and oxygen atoms in total. The minimum atomic E-state index is -0.189. The Kier molecular flexibility index (Phi) is 4.85. The number of nitrogens with zero attached hydrogens (tertiary/aromatic N) is 2. The summed E-state index contributed by atoms with van der Waals surface area (Å²) in [5.74, 6) is -0.0409. The van der Waals surface area contributed by atoms with Crippen LogP contribution < -0.4 is 0 Å². The van der Waals surface area contributed by atoms with Crippen LogP contribution in [0.1, 0.15) is 33.2 Å². The molecule has 1 aliphatic rings.